The molecule has 0 radical (unpaired) electrons. The highest BCUT2D eigenvalue weighted by Gasteiger charge is 2.43. The van der Waals surface area contributed by atoms with Crippen molar-refractivity contribution in [3.8, 4) is 16.5 Å². The summed E-state index contributed by atoms with van der Waals surface area (Å²) in [5.74, 6) is -2.51. The lowest BCUT2D eigenvalue weighted by Gasteiger charge is -2.20. The van der Waals surface area contributed by atoms with Gasteiger partial charge >= 0.3 is 18.4 Å². The molecule has 0 aliphatic carbocycles. The number of alkyl halides is 6. The molecule has 0 saturated carbocycles. The normalized spacial score (nSPS) is 12.0. The Bertz CT molecular complexity index is 1150. The predicted molar refractivity (Wildman–Crippen MR) is 99.0 cm³/mol. The van der Waals surface area contributed by atoms with E-state index in [1.807, 2.05) is 0 Å². The van der Waals surface area contributed by atoms with Crippen LogP contribution in [-0.4, -0.2) is 28.1 Å². The summed E-state index contributed by atoms with van der Waals surface area (Å²) in [4.78, 5) is 23.5. The van der Waals surface area contributed by atoms with Gasteiger partial charge in [0.25, 0.3) is 0 Å². The first-order valence-corrected chi connectivity index (χ1v) is 9.41. The molecule has 3 aromatic rings. The molecule has 3 rings (SSSR count). The van der Waals surface area contributed by atoms with Gasteiger partial charge in [-0.2, -0.15) is 26.3 Å². The molecule has 0 unspecified atom stereocenters. The van der Waals surface area contributed by atoms with Crippen LogP contribution in [0.1, 0.15) is 11.3 Å². The van der Waals surface area contributed by atoms with Crippen molar-refractivity contribution in [3.63, 3.8) is 0 Å². The van der Waals surface area contributed by atoms with Gasteiger partial charge in [-0.3, -0.25) is 4.90 Å². The van der Waals surface area contributed by atoms with Crippen molar-refractivity contribution in [2.24, 2.45) is 0 Å². The number of thiazole rings is 1. The Morgan fingerprint density at radius 2 is 1.81 bits per heavy atom. The molecule has 1 amide bonds. The molecule has 0 spiro atoms. The first kappa shape index (κ1) is 23.7. The standard InChI is InChI=1S/C17H8ClF7N4O2S/c1-29(10-3-2-8(19)13(18)28-10)15(30)31-12-7(16(20,21)22)6-9(17(23,24)25)27-11(12)14-26-4-5-32-14/h2-6H,1H3. The van der Waals surface area contributed by atoms with Gasteiger partial charge in [-0.1, -0.05) is 11.6 Å². The second kappa shape index (κ2) is 8.50. The summed E-state index contributed by atoms with van der Waals surface area (Å²) in [6.45, 7) is 0. The number of pyridine rings is 2. The van der Waals surface area contributed by atoms with Gasteiger partial charge in [0, 0.05) is 18.6 Å². The molecule has 0 aromatic carbocycles. The SMILES string of the molecule is CN(C(=O)Oc1c(C(F)(F)F)cc(C(F)(F)F)nc1-c1nccs1)c1ccc(F)c(Cl)n1. The molecule has 0 fully saturated rings. The Morgan fingerprint density at radius 1 is 1.12 bits per heavy atom. The molecule has 170 valence electrons. The number of carbonyl (C=O) groups excluding carboxylic acids is 1. The number of nitrogens with zero attached hydrogens (tertiary/aromatic N) is 4. The number of halogens is 8. The van der Waals surface area contributed by atoms with Gasteiger partial charge in [-0.15, -0.1) is 11.3 Å². The van der Waals surface area contributed by atoms with Crippen LogP contribution in [0.4, 0.5) is 41.3 Å². The summed E-state index contributed by atoms with van der Waals surface area (Å²) in [5.41, 5.74) is -4.68. The van der Waals surface area contributed by atoms with E-state index in [9.17, 15) is 35.5 Å². The molecule has 0 aliphatic heterocycles. The molecular weight excluding hydrogens is 493 g/mol. The number of hydrogen-bond acceptors (Lipinski definition) is 6. The minimum atomic E-state index is -5.35. The van der Waals surface area contributed by atoms with Crippen molar-refractivity contribution >= 4 is 34.8 Å². The van der Waals surface area contributed by atoms with Crippen LogP contribution >= 0.6 is 22.9 Å². The molecule has 0 saturated heterocycles. The Morgan fingerprint density at radius 3 is 2.34 bits per heavy atom. The van der Waals surface area contributed by atoms with Crippen LogP contribution in [0.15, 0.2) is 29.8 Å². The quantitative estimate of drug-likeness (QED) is 0.323. The Balaban J connectivity index is 2.13. The fourth-order valence-electron chi connectivity index (χ4n) is 2.32. The van der Waals surface area contributed by atoms with Crippen LogP contribution in [0, 0.1) is 5.82 Å². The van der Waals surface area contributed by atoms with E-state index >= 15 is 0 Å². The fourth-order valence-corrected chi connectivity index (χ4v) is 3.09. The number of aromatic nitrogens is 3. The van der Waals surface area contributed by atoms with Crippen LogP contribution in [0.3, 0.4) is 0 Å². The van der Waals surface area contributed by atoms with E-state index in [0.717, 1.165) is 25.4 Å². The minimum absolute atomic E-state index is 0.271. The second-order valence-corrected chi connectivity index (χ2v) is 7.19. The highest BCUT2D eigenvalue weighted by Crippen LogP contribution is 2.44. The van der Waals surface area contributed by atoms with E-state index in [0.29, 0.717) is 16.2 Å². The van der Waals surface area contributed by atoms with Crippen LogP contribution in [0.2, 0.25) is 5.15 Å². The largest absolute Gasteiger partial charge is 0.433 e. The molecule has 15 heteroatoms. The lowest BCUT2D eigenvalue weighted by molar-refractivity contribution is -0.145. The van der Waals surface area contributed by atoms with Gasteiger partial charge in [-0.05, 0) is 18.2 Å². The number of hydrogen-bond donors (Lipinski definition) is 0. The van der Waals surface area contributed by atoms with Crippen LogP contribution in [0.5, 0.6) is 5.75 Å². The molecule has 3 heterocycles. The smallest absolute Gasteiger partial charge is 0.407 e. The maximum atomic E-state index is 13.6. The average Bonchev–Trinajstić information content (AvgIpc) is 3.22. The zero-order chi connectivity index (χ0) is 23.8. The number of carbonyl (C=O) groups is 1. The lowest BCUT2D eigenvalue weighted by atomic mass is 10.1. The van der Waals surface area contributed by atoms with E-state index in [-0.39, 0.29) is 16.9 Å². The fraction of sp³-hybridized carbons (Fsp3) is 0.176. The van der Waals surface area contributed by atoms with Crippen molar-refractivity contribution < 1.29 is 40.3 Å². The van der Waals surface area contributed by atoms with Crippen molar-refractivity contribution in [2.45, 2.75) is 12.4 Å². The van der Waals surface area contributed by atoms with E-state index in [1.54, 1.807) is 0 Å². The van der Waals surface area contributed by atoms with Crippen molar-refractivity contribution in [2.75, 3.05) is 11.9 Å². The van der Waals surface area contributed by atoms with Crippen molar-refractivity contribution in [1.82, 2.24) is 15.0 Å². The summed E-state index contributed by atoms with van der Waals surface area (Å²) in [6.07, 6.45) is -10.9. The molecule has 32 heavy (non-hydrogen) atoms. The van der Waals surface area contributed by atoms with Gasteiger partial charge in [0.05, 0.1) is 0 Å². The van der Waals surface area contributed by atoms with Gasteiger partial charge in [0.1, 0.15) is 27.8 Å². The third-order valence-corrected chi connectivity index (χ3v) is 4.84. The lowest BCUT2D eigenvalue weighted by Crippen LogP contribution is -2.31. The average molecular weight is 501 g/mol. The Hall–Kier alpha value is -3.00. The topological polar surface area (TPSA) is 68.2 Å². The van der Waals surface area contributed by atoms with E-state index in [1.165, 1.54) is 5.38 Å². The first-order chi connectivity index (χ1) is 14.8. The van der Waals surface area contributed by atoms with Gasteiger partial charge in [0.2, 0.25) is 0 Å². The van der Waals surface area contributed by atoms with Crippen LogP contribution in [0.25, 0.3) is 10.7 Å². The minimum Gasteiger partial charge on any atom is -0.407 e. The summed E-state index contributed by atoms with van der Waals surface area (Å²) >= 11 is 6.20. The second-order valence-electron chi connectivity index (χ2n) is 5.93. The monoisotopic (exact) mass is 500 g/mol. The zero-order valence-electron chi connectivity index (χ0n) is 15.4. The van der Waals surface area contributed by atoms with Gasteiger partial charge in [0.15, 0.2) is 16.7 Å². The van der Waals surface area contributed by atoms with E-state index in [4.69, 9.17) is 16.3 Å². The molecular formula is C17H8ClF7N4O2S. The number of amides is 1. The highest BCUT2D eigenvalue weighted by molar-refractivity contribution is 7.13. The third kappa shape index (κ3) is 4.91. The molecule has 0 aliphatic rings. The zero-order valence-corrected chi connectivity index (χ0v) is 17.0. The number of anilines is 1. The maximum Gasteiger partial charge on any atom is 0.433 e. The van der Waals surface area contributed by atoms with Gasteiger partial charge < -0.3 is 4.74 Å². The molecule has 6 nitrogen and oxygen atoms in total. The summed E-state index contributed by atoms with van der Waals surface area (Å²) < 4.78 is 98.5. The van der Waals surface area contributed by atoms with Crippen molar-refractivity contribution in [1.29, 1.82) is 0 Å². The third-order valence-electron chi connectivity index (χ3n) is 3.80. The summed E-state index contributed by atoms with van der Waals surface area (Å²) in [5, 5.41) is 0.306. The summed E-state index contributed by atoms with van der Waals surface area (Å²) in [6, 6.07) is 1.56. The Kier molecular flexibility index (Phi) is 6.29. The summed E-state index contributed by atoms with van der Waals surface area (Å²) in [7, 11) is 1.02. The highest BCUT2D eigenvalue weighted by atomic mass is 35.5. The molecule has 0 N–H and O–H groups in total. The maximum absolute atomic E-state index is 13.6. The van der Waals surface area contributed by atoms with E-state index < -0.39 is 52.1 Å². The predicted octanol–water partition coefficient (Wildman–Crippen LogP) is 6.07. The number of ether oxygens (including phenoxy) is 1. The van der Waals surface area contributed by atoms with Crippen LogP contribution < -0.4 is 9.64 Å². The molecule has 0 atom stereocenters. The van der Waals surface area contributed by atoms with Gasteiger partial charge in [-0.25, -0.2) is 24.1 Å². The van der Waals surface area contributed by atoms with E-state index in [2.05, 4.69) is 15.0 Å². The number of rotatable bonds is 3. The first-order valence-electron chi connectivity index (χ1n) is 8.16. The molecule has 3 aromatic heterocycles. The molecule has 0 bridgehead atoms. The Labute approximate surface area is 183 Å². The van der Waals surface area contributed by atoms with Crippen LogP contribution in [-0.2, 0) is 12.4 Å². The van der Waals surface area contributed by atoms with Crippen molar-refractivity contribution in [3.05, 3.63) is 52.0 Å².